The quantitative estimate of drug-likeness (QED) is 0.359. The molecule has 1 aliphatic rings. The van der Waals surface area contributed by atoms with E-state index in [1.807, 2.05) is 18.2 Å². The summed E-state index contributed by atoms with van der Waals surface area (Å²) in [6.45, 7) is 0. The van der Waals surface area contributed by atoms with E-state index in [1.165, 1.54) is 0 Å². The van der Waals surface area contributed by atoms with Crippen LogP contribution in [0.4, 0.5) is 0 Å². The Morgan fingerprint density at radius 3 is 2.00 bits per heavy atom. The van der Waals surface area contributed by atoms with Crippen LogP contribution in [0.25, 0.3) is 0 Å². The maximum Gasteiger partial charge on any atom is 0.0648 e. The van der Waals surface area contributed by atoms with Gasteiger partial charge in [-0.3, -0.25) is 0 Å². The molecule has 0 N–H and O–H groups in total. The third-order valence-corrected chi connectivity index (χ3v) is 3.94. The molecule has 3 heteroatoms. The maximum atomic E-state index is 3.57. The van der Waals surface area contributed by atoms with Crippen molar-refractivity contribution >= 4 is 31.6 Å². The first-order chi connectivity index (χ1) is 3.71. The molecule has 0 aromatic heterocycles. The van der Waals surface area contributed by atoms with E-state index in [0.717, 1.165) is 0 Å². The molecule has 1 heterocycles. The normalized spacial score (nSPS) is 22.8. The summed E-state index contributed by atoms with van der Waals surface area (Å²) in [6, 6.07) is 0. The van der Waals surface area contributed by atoms with Crippen molar-refractivity contribution in [2.75, 3.05) is 0 Å². The van der Waals surface area contributed by atoms with Gasteiger partial charge in [-0.05, 0) is 0 Å². The van der Waals surface area contributed by atoms with Gasteiger partial charge in [-0.15, -0.1) is 5.98 Å². The number of allylic oxidation sites excluding steroid dienone is 3. The summed E-state index contributed by atoms with van der Waals surface area (Å²) < 4.78 is 0. The lowest BCUT2D eigenvalue weighted by molar-refractivity contribution is 2.06. The highest BCUT2D eigenvalue weighted by atomic mass is 31.6. The van der Waals surface area contributed by atoms with Crippen molar-refractivity contribution in [3.05, 3.63) is 24.0 Å². The molecule has 0 atom stereocenters. The Hall–Kier alpha value is 0.214. The molecule has 0 unspecified atom stereocenters. The Morgan fingerprint density at radius 1 is 1.00 bits per heavy atom. The van der Waals surface area contributed by atoms with Crippen molar-refractivity contribution in [3.63, 3.8) is 0 Å². The molecule has 8 heavy (non-hydrogen) atoms. The van der Waals surface area contributed by atoms with Crippen molar-refractivity contribution < 1.29 is 0 Å². The van der Waals surface area contributed by atoms with Crippen LogP contribution in [0.1, 0.15) is 0 Å². The SMILES string of the molecule is [Si]P1([Si])=CC=CC=C1. The topological polar surface area (TPSA) is 0 Å². The number of rotatable bonds is 0. The Morgan fingerprint density at radius 2 is 1.75 bits per heavy atom. The molecule has 0 spiro atoms. The fourth-order valence-electron chi connectivity index (χ4n) is 0.485. The monoisotopic (exact) mass is 152 g/mol. The Balaban J connectivity index is 3.00. The highest BCUT2D eigenvalue weighted by Crippen LogP contribution is 2.37. The summed E-state index contributed by atoms with van der Waals surface area (Å²) in [5.74, 6) is 3.13. The van der Waals surface area contributed by atoms with Gasteiger partial charge >= 0.3 is 0 Å². The van der Waals surface area contributed by atoms with Crippen LogP contribution in [-0.4, -0.2) is 25.6 Å². The van der Waals surface area contributed by atoms with Crippen LogP contribution >= 0.6 is 5.98 Å². The third-order valence-electron chi connectivity index (χ3n) is 0.865. The molecule has 0 aliphatic carbocycles. The van der Waals surface area contributed by atoms with Crippen molar-refractivity contribution in [1.29, 1.82) is 0 Å². The Kier molecular flexibility index (Phi) is 1.75. The van der Waals surface area contributed by atoms with Gasteiger partial charge < -0.3 is 0 Å². The first-order valence-corrected chi connectivity index (χ1v) is 6.91. The molecule has 0 aromatic carbocycles. The van der Waals surface area contributed by atoms with E-state index in [9.17, 15) is 0 Å². The average molecular weight is 152 g/mol. The van der Waals surface area contributed by atoms with Gasteiger partial charge in [0.05, 0.1) is 19.8 Å². The predicted molar refractivity (Wildman–Crippen MR) is 42.8 cm³/mol. The lowest BCUT2D eigenvalue weighted by Gasteiger charge is -2.07. The molecule has 38 valence electrons. The van der Waals surface area contributed by atoms with Crippen LogP contribution < -0.4 is 0 Å². The van der Waals surface area contributed by atoms with Gasteiger partial charge in [0.25, 0.3) is 0 Å². The van der Waals surface area contributed by atoms with Crippen LogP contribution in [0.3, 0.4) is 0 Å². The fourth-order valence-corrected chi connectivity index (χ4v) is 2.36. The zero-order valence-corrected chi connectivity index (χ0v) is 7.23. The molecule has 0 aromatic rings. The summed E-state index contributed by atoms with van der Waals surface area (Å²) in [4.78, 5) is 0. The summed E-state index contributed by atoms with van der Waals surface area (Å²) in [6.07, 6.45) is 6.08. The van der Waals surface area contributed by atoms with E-state index < -0.39 is 5.98 Å². The van der Waals surface area contributed by atoms with Gasteiger partial charge in [-0.2, -0.15) is 0 Å². The van der Waals surface area contributed by atoms with Crippen molar-refractivity contribution in [2.45, 2.75) is 0 Å². The van der Waals surface area contributed by atoms with Crippen molar-refractivity contribution in [2.24, 2.45) is 0 Å². The Bertz CT molecular complexity index is 185. The van der Waals surface area contributed by atoms with Gasteiger partial charge in [0.15, 0.2) is 0 Å². The largest absolute Gasteiger partial charge is 0.115 e. The molecular formula is C5H5PSi2. The van der Waals surface area contributed by atoms with Crippen LogP contribution in [0, 0.1) is 0 Å². The minimum Gasteiger partial charge on any atom is -0.115 e. The second-order valence-electron chi connectivity index (χ2n) is 1.65. The Labute approximate surface area is 56.2 Å². The predicted octanol–water partition coefficient (Wildman–Crippen LogP) is 1.06. The third kappa shape index (κ3) is 1.62. The zero-order chi connectivity index (χ0) is 6.04. The molecular weight excluding hydrogens is 147 g/mol. The fraction of sp³-hybridized carbons (Fsp3) is 0. The molecule has 1 aliphatic heterocycles. The summed E-state index contributed by atoms with van der Waals surface area (Å²) in [5.41, 5.74) is 0. The first-order valence-electron chi connectivity index (χ1n) is 2.30. The van der Waals surface area contributed by atoms with Gasteiger partial charge in [0.1, 0.15) is 0 Å². The van der Waals surface area contributed by atoms with E-state index in [4.69, 9.17) is 0 Å². The van der Waals surface area contributed by atoms with E-state index in [2.05, 4.69) is 31.4 Å². The smallest absolute Gasteiger partial charge is 0.0648 e. The maximum absolute atomic E-state index is 3.57. The van der Waals surface area contributed by atoms with E-state index in [-0.39, 0.29) is 0 Å². The summed E-state index contributed by atoms with van der Waals surface area (Å²) >= 11 is 0. The summed E-state index contributed by atoms with van der Waals surface area (Å²) in [7, 11) is 7.14. The van der Waals surface area contributed by atoms with Gasteiger partial charge in [-0.1, -0.05) is 29.8 Å². The molecule has 0 fully saturated rings. The van der Waals surface area contributed by atoms with Crippen LogP contribution in [-0.2, 0) is 0 Å². The van der Waals surface area contributed by atoms with Gasteiger partial charge in [0, 0.05) is 0 Å². The van der Waals surface area contributed by atoms with Gasteiger partial charge in [0.2, 0.25) is 0 Å². The molecule has 0 nitrogen and oxygen atoms in total. The molecule has 0 amide bonds. The highest BCUT2D eigenvalue weighted by molar-refractivity contribution is 8.15. The second kappa shape index (κ2) is 2.21. The number of hydrogen-bond donors (Lipinski definition) is 0. The molecule has 6 radical (unpaired) electrons. The standard InChI is InChI=1S/C5H5PSi2/c7-6(8)4-2-1-3-5-6/h1-5H. The van der Waals surface area contributed by atoms with E-state index in [1.54, 1.807) is 0 Å². The molecule has 1 rings (SSSR count). The van der Waals surface area contributed by atoms with Gasteiger partial charge in [-0.25, -0.2) is 0 Å². The van der Waals surface area contributed by atoms with E-state index in [0.29, 0.717) is 0 Å². The highest BCUT2D eigenvalue weighted by Gasteiger charge is 1.96. The van der Waals surface area contributed by atoms with Crippen molar-refractivity contribution in [1.82, 2.24) is 0 Å². The van der Waals surface area contributed by atoms with Crippen LogP contribution in [0.5, 0.6) is 0 Å². The van der Waals surface area contributed by atoms with Crippen molar-refractivity contribution in [3.8, 4) is 0 Å². The number of hydrogen-bond acceptors (Lipinski definition) is 0. The first kappa shape index (κ1) is 6.34. The van der Waals surface area contributed by atoms with E-state index >= 15 is 0 Å². The van der Waals surface area contributed by atoms with Crippen LogP contribution in [0.2, 0.25) is 0 Å². The van der Waals surface area contributed by atoms with Crippen LogP contribution in [0.15, 0.2) is 24.0 Å². The molecule has 0 bridgehead atoms. The lowest BCUT2D eigenvalue weighted by atomic mass is 10.5. The summed E-state index contributed by atoms with van der Waals surface area (Å²) in [5, 5.41) is 0. The minimum absolute atomic E-state index is 1.12. The molecule has 0 saturated heterocycles. The average Bonchev–Trinajstić information content (AvgIpc) is 1.65. The lowest BCUT2D eigenvalue weighted by Crippen LogP contribution is -1.81. The second-order valence-corrected chi connectivity index (χ2v) is 9.59. The molecule has 0 saturated carbocycles. The zero-order valence-electron chi connectivity index (χ0n) is 4.33. The minimum atomic E-state index is -1.12.